The number of carbonyl (C=O) groups is 3. The Kier molecular flexibility index (Phi) is 22.3. The highest BCUT2D eigenvalue weighted by Gasteiger charge is 2.79. The summed E-state index contributed by atoms with van der Waals surface area (Å²) in [5.74, 6) is 0.0906. The maximum atomic E-state index is 14.8. The second-order valence-electron chi connectivity index (χ2n) is 27.3. The molecule has 478 valence electrons. The molecule has 84 heavy (non-hydrogen) atoms. The molecule has 2 saturated heterocycles. The van der Waals surface area contributed by atoms with Gasteiger partial charge in [-0.2, -0.15) is 0 Å². The van der Waals surface area contributed by atoms with Crippen LogP contribution >= 0.6 is 0 Å². The second kappa shape index (κ2) is 27.6. The molecule has 7 fully saturated rings. The molecule has 0 bridgehead atoms. The molecule has 15 nitrogen and oxygen atoms in total. The van der Waals surface area contributed by atoms with E-state index in [9.17, 15) is 19.5 Å². The first kappa shape index (κ1) is 67.8. The van der Waals surface area contributed by atoms with Gasteiger partial charge in [0.1, 0.15) is 29.3 Å². The molecular weight excluding hydrogens is 1120 g/mol. The first-order valence-corrected chi connectivity index (χ1v) is 41.0. The van der Waals surface area contributed by atoms with E-state index in [0.29, 0.717) is 36.0 Å². The lowest BCUT2D eigenvalue weighted by molar-refractivity contribution is -0.342. The van der Waals surface area contributed by atoms with Crippen molar-refractivity contribution >= 4 is 42.7 Å². The van der Waals surface area contributed by atoms with Gasteiger partial charge in [0.25, 0.3) is 0 Å². The monoisotopic (exact) mass is 1230 g/mol. The van der Waals surface area contributed by atoms with Crippen LogP contribution in [0.4, 0.5) is 0 Å². The third-order valence-corrected chi connectivity index (χ3v) is 38.5. The maximum Gasteiger partial charge on any atom is 0.338 e. The zero-order valence-corrected chi connectivity index (χ0v) is 57.7. The molecule has 1 spiro atoms. The van der Waals surface area contributed by atoms with Gasteiger partial charge < -0.3 is 56.3 Å². The molecule has 5 aliphatic carbocycles. The molecule has 19 atom stereocenters. The van der Waals surface area contributed by atoms with Gasteiger partial charge in [-0.05, 0) is 159 Å². The minimum Gasteiger partial charge on any atom is -0.497 e. The molecule has 2 aliphatic heterocycles. The Hall–Kier alpha value is -2.08. The average Bonchev–Trinajstić information content (AvgIpc) is 1.59. The standard InChI is InChI=1S/C66H112O15Si3/c1-17-27-28-29-51(68)43(11)66(70)55(39-50-48-38-54(72-16)65-40-46(65)34-36-63(65,13)49(48)35-37-64(50,66)14)76-61-58(75-44(12)67)56(52(41-73-61)79-82(18-2,19-3)20-4)78-62-59(77-60(69)45-30-32-47(71-15)33-31-45)57(81-84(24-8,25-9)26-10)53(42-74-62)80-83(21-5,22-6)23-7/h30-33,43,46,48-50,52-59,61-62,70H,17-29,34-42H2,1-16H3/t43-,46-,48-,49+,50+,52+,53-,54-,55+,56+,57+,58-,59-,61+,62+,63-,64+,65+,66-/m1/s1. The maximum absolute atomic E-state index is 14.8. The minimum absolute atomic E-state index is 0.00481. The van der Waals surface area contributed by atoms with Crippen LogP contribution in [0.5, 0.6) is 5.75 Å². The number of methoxy groups -OCH3 is 2. The molecule has 18 heteroatoms. The summed E-state index contributed by atoms with van der Waals surface area (Å²) >= 11 is 0. The topological polar surface area (TPSA) is 173 Å². The largest absolute Gasteiger partial charge is 0.497 e. The summed E-state index contributed by atoms with van der Waals surface area (Å²) in [6, 6.07) is 14.4. The minimum atomic E-state index is -2.50. The molecule has 8 rings (SSSR count). The third kappa shape index (κ3) is 12.2. The summed E-state index contributed by atoms with van der Waals surface area (Å²) < 4.78 is 76.6. The molecule has 0 radical (unpaired) electrons. The summed E-state index contributed by atoms with van der Waals surface area (Å²) in [5.41, 5.74) is -1.67. The fourth-order valence-electron chi connectivity index (χ4n) is 18.4. The number of esters is 2. The van der Waals surface area contributed by atoms with Crippen molar-refractivity contribution < 1.29 is 70.7 Å². The Morgan fingerprint density at radius 3 is 1.70 bits per heavy atom. The molecule has 5 saturated carbocycles. The van der Waals surface area contributed by atoms with E-state index in [1.165, 1.54) is 26.2 Å². The molecule has 1 aromatic rings. The molecular formula is C66H112O15Si3. The number of hydrogen-bond acceptors (Lipinski definition) is 15. The van der Waals surface area contributed by atoms with Crippen LogP contribution in [0.2, 0.25) is 54.4 Å². The molecule has 0 aromatic heterocycles. The van der Waals surface area contributed by atoms with Gasteiger partial charge in [-0.25, -0.2) is 4.79 Å². The normalized spacial score (nSPS) is 37.8. The van der Waals surface area contributed by atoms with Crippen molar-refractivity contribution in [2.24, 2.45) is 45.8 Å². The second-order valence-corrected chi connectivity index (χ2v) is 41.5. The van der Waals surface area contributed by atoms with Crippen LogP contribution in [-0.2, 0) is 56.0 Å². The first-order chi connectivity index (χ1) is 40.1. The molecule has 0 amide bonds. The van der Waals surface area contributed by atoms with Crippen LogP contribution < -0.4 is 4.74 Å². The van der Waals surface area contributed by atoms with E-state index in [2.05, 4.69) is 83.1 Å². The van der Waals surface area contributed by atoms with Crippen molar-refractivity contribution in [1.82, 2.24) is 0 Å². The number of ether oxygens (including phenoxy) is 8. The molecule has 1 aromatic carbocycles. The number of fused-ring (bicyclic) bond motifs is 4. The van der Waals surface area contributed by atoms with Crippen LogP contribution in [-0.4, -0.2) is 142 Å². The zero-order valence-electron chi connectivity index (χ0n) is 54.7. The summed E-state index contributed by atoms with van der Waals surface area (Å²) in [6.45, 7) is 29.9. The number of ketones is 1. The fourth-order valence-corrected chi connectivity index (χ4v) is 26.9. The Labute approximate surface area is 508 Å². The highest BCUT2D eigenvalue weighted by atomic mass is 28.4. The number of hydrogen-bond donors (Lipinski definition) is 1. The number of aliphatic hydroxyl groups is 1. The summed E-state index contributed by atoms with van der Waals surface area (Å²) in [4.78, 5) is 43.4. The van der Waals surface area contributed by atoms with E-state index >= 15 is 0 Å². The smallest absolute Gasteiger partial charge is 0.338 e. The number of carbonyl (C=O) groups excluding carboxylic acids is 3. The lowest BCUT2D eigenvalue weighted by Gasteiger charge is -2.61. The van der Waals surface area contributed by atoms with Gasteiger partial charge in [0, 0.05) is 37.2 Å². The lowest BCUT2D eigenvalue weighted by Crippen LogP contribution is -2.66. The number of rotatable bonds is 30. The van der Waals surface area contributed by atoms with Crippen molar-refractivity contribution in [3.8, 4) is 5.75 Å². The number of unbranched alkanes of at least 4 members (excludes halogenated alkanes) is 2. The highest BCUT2D eigenvalue weighted by molar-refractivity contribution is 6.74. The van der Waals surface area contributed by atoms with Gasteiger partial charge in [-0.1, -0.05) is 103 Å². The predicted octanol–water partition coefficient (Wildman–Crippen LogP) is 13.6. The van der Waals surface area contributed by atoms with Gasteiger partial charge in [-0.15, -0.1) is 0 Å². The molecule has 7 aliphatic rings. The Morgan fingerprint density at radius 2 is 1.18 bits per heavy atom. The van der Waals surface area contributed by atoms with Crippen molar-refractivity contribution in [2.45, 2.75) is 289 Å². The Balaban J connectivity index is 1.22. The molecule has 1 N–H and O–H groups in total. The third-order valence-electron chi connectivity index (χ3n) is 24.5. The number of benzene rings is 1. The van der Waals surface area contributed by atoms with Crippen LogP contribution in [0.1, 0.15) is 178 Å². The Morgan fingerprint density at radius 1 is 0.643 bits per heavy atom. The predicted molar refractivity (Wildman–Crippen MR) is 332 cm³/mol. The van der Waals surface area contributed by atoms with Crippen LogP contribution in [0.3, 0.4) is 0 Å². The van der Waals surface area contributed by atoms with Crippen LogP contribution in [0.25, 0.3) is 0 Å². The zero-order chi connectivity index (χ0) is 61.2. The first-order valence-electron chi connectivity index (χ1n) is 33.5. The van der Waals surface area contributed by atoms with Crippen molar-refractivity contribution in [3.63, 3.8) is 0 Å². The van der Waals surface area contributed by atoms with E-state index in [1.807, 2.05) is 14.0 Å². The summed E-state index contributed by atoms with van der Waals surface area (Å²) in [7, 11) is -3.86. The Bertz CT molecular complexity index is 2330. The van der Waals surface area contributed by atoms with Gasteiger partial charge >= 0.3 is 11.9 Å². The van der Waals surface area contributed by atoms with E-state index in [1.54, 1.807) is 31.4 Å². The average molecular weight is 1230 g/mol. The SMILES string of the molecule is CCCCCC(=O)[C@@H](C)[C@@]1(O)[C@@H](O[C@@H]2OC[C@H](O[Si](CC)(CC)CC)[C@H](O[C@@H]3OC[C@@H](O[Si](CC)(CC)CC)[C@H](O[Si](CC)(CC)CC)[C@H]3OC(=O)c3ccc(OC)cc3)[C@H]2OC(C)=O)C[C@H]2[C@@H]3C[C@@H](OC)[C@]45C[C@H]4CC[C@]5(C)[C@H]3CC[C@@]21C. The van der Waals surface area contributed by atoms with Crippen LogP contribution in [0, 0.1) is 45.8 Å². The van der Waals surface area contributed by atoms with Gasteiger partial charge in [0.15, 0.2) is 49.7 Å². The van der Waals surface area contributed by atoms with Gasteiger partial charge in [0.05, 0.1) is 50.3 Å². The summed E-state index contributed by atoms with van der Waals surface area (Å²) in [6.07, 6.45) is 0.833. The van der Waals surface area contributed by atoms with Crippen molar-refractivity contribution in [3.05, 3.63) is 29.8 Å². The van der Waals surface area contributed by atoms with E-state index < -0.39 is 109 Å². The van der Waals surface area contributed by atoms with E-state index in [4.69, 9.17) is 51.2 Å². The number of Topliss-reactive ketones (excluding diaryl/α,β-unsaturated/α-hetero) is 1. The van der Waals surface area contributed by atoms with E-state index in [0.717, 1.165) is 92.9 Å². The van der Waals surface area contributed by atoms with E-state index in [-0.39, 0.29) is 47.8 Å². The molecule has 0 unspecified atom stereocenters. The van der Waals surface area contributed by atoms with Crippen molar-refractivity contribution in [2.75, 3.05) is 27.4 Å². The highest BCUT2D eigenvalue weighted by Crippen LogP contribution is 2.82. The quantitative estimate of drug-likeness (QED) is 0.0438. The van der Waals surface area contributed by atoms with Gasteiger partial charge in [-0.3, -0.25) is 9.59 Å². The fraction of sp³-hybridized carbons (Fsp3) is 0.864. The van der Waals surface area contributed by atoms with Crippen LogP contribution in [0.15, 0.2) is 24.3 Å². The summed E-state index contributed by atoms with van der Waals surface area (Å²) in [5, 5.41) is 14.1. The lowest BCUT2D eigenvalue weighted by atomic mass is 9.44. The van der Waals surface area contributed by atoms with Crippen molar-refractivity contribution in [1.29, 1.82) is 0 Å². The molecule has 2 heterocycles. The van der Waals surface area contributed by atoms with Gasteiger partial charge in [0.2, 0.25) is 0 Å².